The molecule has 1 aromatic carbocycles. The van der Waals surface area contributed by atoms with E-state index in [9.17, 15) is 9.59 Å². The molecule has 0 spiro atoms. The van der Waals surface area contributed by atoms with E-state index in [4.69, 9.17) is 28.4 Å². The summed E-state index contributed by atoms with van der Waals surface area (Å²) in [5.74, 6) is 2.00. The van der Waals surface area contributed by atoms with E-state index >= 15 is 0 Å². The first-order valence-corrected chi connectivity index (χ1v) is 15.2. The lowest BCUT2D eigenvalue weighted by atomic mass is 9.74. The van der Waals surface area contributed by atoms with E-state index < -0.39 is 0 Å². The summed E-state index contributed by atoms with van der Waals surface area (Å²) in [6.07, 6.45) is 0.865. The second kappa shape index (κ2) is 21.8. The third-order valence-corrected chi connectivity index (χ3v) is 7.13. The molecule has 0 unspecified atom stereocenters. The van der Waals surface area contributed by atoms with E-state index in [1.165, 1.54) is 5.56 Å². The van der Waals surface area contributed by atoms with Gasteiger partial charge < -0.3 is 33.3 Å². The highest BCUT2D eigenvalue weighted by molar-refractivity contribution is 5.80. The number of rotatable bonds is 25. The van der Waals surface area contributed by atoms with Crippen LogP contribution < -0.4 is 0 Å². The first kappa shape index (κ1) is 35.3. The van der Waals surface area contributed by atoms with Crippen molar-refractivity contribution in [3.8, 4) is 0 Å². The Bertz CT molecular complexity index is 813. The van der Waals surface area contributed by atoms with E-state index in [-0.39, 0.29) is 17.6 Å². The van der Waals surface area contributed by atoms with Gasteiger partial charge in [-0.1, -0.05) is 58.0 Å². The molecule has 0 bridgehead atoms. The van der Waals surface area contributed by atoms with Gasteiger partial charge in [-0.2, -0.15) is 0 Å². The topological polar surface area (TPSA) is 92.8 Å². The van der Waals surface area contributed by atoms with Gasteiger partial charge in [0.05, 0.1) is 85.7 Å². The van der Waals surface area contributed by atoms with Crippen LogP contribution in [-0.4, -0.2) is 109 Å². The number of likely N-dealkylation sites (tertiary alicyclic amines) is 1. The van der Waals surface area contributed by atoms with Crippen molar-refractivity contribution in [2.45, 2.75) is 46.5 Å². The predicted octanol–water partition coefficient (Wildman–Crippen LogP) is 3.99. The molecule has 9 heteroatoms. The van der Waals surface area contributed by atoms with E-state index in [0.717, 1.165) is 13.1 Å². The Morgan fingerprint density at radius 3 is 1.49 bits per heavy atom. The van der Waals surface area contributed by atoms with Crippen LogP contribution in [0.15, 0.2) is 30.3 Å². The van der Waals surface area contributed by atoms with Crippen molar-refractivity contribution < 1.29 is 38.0 Å². The van der Waals surface area contributed by atoms with Crippen molar-refractivity contribution in [1.82, 2.24) is 4.90 Å². The van der Waals surface area contributed by atoms with E-state index in [0.29, 0.717) is 110 Å². The van der Waals surface area contributed by atoms with Crippen molar-refractivity contribution in [3.63, 3.8) is 0 Å². The zero-order valence-electron chi connectivity index (χ0n) is 25.7. The van der Waals surface area contributed by atoms with Crippen LogP contribution in [0.3, 0.4) is 0 Å². The minimum absolute atomic E-state index is 0.0608. The normalized spacial score (nSPS) is 14.5. The lowest BCUT2D eigenvalue weighted by Gasteiger charge is -2.45. The third kappa shape index (κ3) is 15.2. The van der Waals surface area contributed by atoms with Crippen molar-refractivity contribution in [3.05, 3.63) is 35.9 Å². The number of ketones is 1. The van der Waals surface area contributed by atoms with Crippen LogP contribution in [0.2, 0.25) is 0 Å². The zero-order valence-corrected chi connectivity index (χ0v) is 25.7. The van der Waals surface area contributed by atoms with Crippen molar-refractivity contribution in [2.75, 3.05) is 92.4 Å². The lowest BCUT2D eigenvalue weighted by Crippen LogP contribution is -2.53. The van der Waals surface area contributed by atoms with Crippen LogP contribution >= 0.6 is 0 Å². The maximum absolute atomic E-state index is 12.5. The second-order valence-electron chi connectivity index (χ2n) is 11.0. The molecule has 0 aromatic heterocycles. The molecule has 1 heterocycles. The molecule has 0 aliphatic carbocycles. The summed E-state index contributed by atoms with van der Waals surface area (Å²) in [4.78, 5) is 25.9. The molecule has 1 atom stereocenters. The molecule has 1 fully saturated rings. The van der Waals surface area contributed by atoms with Gasteiger partial charge in [0, 0.05) is 31.3 Å². The minimum Gasteiger partial charge on any atom is -0.379 e. The van der Waals surface area contributed by atoms with Crippen LogP contribution in [0.5, 0.6) is 0 Å². The summed E-state index contributed by atoms with van der Waals surface area (Å²) in [6, 6.07) is 10.6. The smallest absolute Gasteiger partial charge is 0.224 e. The SMILES string of the molecule is CC(C)C(=O)CCOCCOCCOCCOCCOCCOCCC(=O)N1CC([C@@H](c2ccccc2)C(C)C)C1. The number of hydrogen-bond donors (Lipinski definition) is 0. The molecule has 0 saturated carbocycles. The molecule has 1 aromatic rings. The molecule has 1 saturated heterocycles. The first-order valence-electron chi connectivity index (χ1n) is 15.2. The number of Topliss-reactive ketones (excluding diaryl/α,β-unsaturated/α-hetero) is 1. The van der Waals surface area contributed by atoms with Crippen LogP contribution in [0.1, 0.15) is 52.0 Å². The summed E-state index contributed by atoms with van der Waals surface area (Å²) in [7, 11) is 0. The van der Waals surface area contributed by atoms with Crippen molar-refractivity contribution >= 4 is 11.7 Å². The largest absolute Gasteiger partial charge is 0.379 e. The maximum Gasteiger partial charge on any atom is 0.224 e. The Balaban J connectivity index is 1.31. The summed E-state index contributed by atoms with van der Waals surface area (Å²) in [5, 5.41) is 0. The molecule has 1 aliphatic rings. The molecular weight excluding hydrogens is 526 g/mol. The molecule has 234 valence electrons. The molecular formula is C32H53NO8. The maximum atomic E-state index is 12.5. The fourth-order valence-electron chi connectivity index (χ4n) is 4.80. The van der Waals surface area contributed by atoms with Crippen molar-refractivity contribution in [2.24, 2.45) is 17.8 Å². The minimum atomic E-state index is 0.0608. The van der Waals surface area contributed by atoms with Crippen LogP contribution in [-0.2, 0) is 38.0 Å². The highest BCUT2D eigenvalue weighted by Crippen LogP contribution is 2.37. The Labute approximate surface area is 247 Å². The number of benzene rings is 1. The van der Waals surface area contributed by atoms with Gasteiger partial charge in [0.1, 0.15) is 5.78 Å². The molecule has 1 aliphatic heterocycles. The molecule has 0 radical (unpaired) electrons. The molecule has 2 rings (SSSR count). The quantitative estimate of drug-likeness (QED) is 0.161. The van der Waals surface area contributed by atoms with Crippen LogP contribution in [0.4, 0.5) is 0 Å². The number of amides is 1. The van der Waals surface area contributed by atoms with E-state index in [1.807, 2.05) is 18.7 Å². The molecule has 1 amide bonds. The van der Waals surface area contributed by atoms with Crippen LogP contribution in [0.25, 0.3) is 0 Å². The number of carbonyl (C=O) groups is 2. The first-order chi connectivity index (χ1) is 19.9. The number of carbonyl (C=O) groups excluding carboxylic acids is 2. The van der Waals surface area contributed by atoms with Gasteiger partial charge >= 0.3 is 0 Å². The monoisotopic (exact) mass is 579 g/mol. The van der Waals surface area contributed by atoms with Gasteiger partial charge in [-0.3, -0.25) is 9.59 Å². The zero-order chi connectivity index (χ0) is 29.7. The van der Waals surface area contributed by atoms with E-state index in [2.05, 4.69) is 44.2 Å². The van der Waals surface area contributed by atoms with Crippen molar-refractivity contribution in [1.29, 1.82) is 0 Å². The Morgan fingerprint density at radius 1 is 0.659 bits per heavy atom. The summed E-state index contributed by atoms with van der Waals surface area (Å²) < 4.78 is 32.8. The average molecular weight is 580 g/mol. The molecule has 0 N–H and O–H groups in total. The fraction of sp³-hybridized carbons (Fsp3) is 0.750. The van der Waals surface area contributed by atoms with Crippen LogP contribution in [0, 0.1) is 17.8 Å². The van der Waals surface area contributed by atoms with Gasteiger partial charge in [-0.15, -0.1) is 0 Å². The average Bonchev–Trinajstić information content (AvgIpc) is 2.93. The number of nitrogens with zero attached hydrogens (tertiary/aromatic N) is 1. The van der Waals surface area contributed by atoms with E-state index in [1.54, 1.807) is 0 Å². The van der Waals surface area contributed by atoms with Gasteiger partial charge in [-0.25, -0.2) is 0 Å². The summed E-state index contributed by atoms with van der Waals surface area (Å²) in [6.45, 7) is 15.7. The number of ether oxygens (including phenoxy) is 6. The molecule has 9 nitrogen and oxygen atoms in total. The van der Waals surface area contributed by atoms with Gasteiger partial charge in [0.25, 0.3) is 0 Å². The highest BCUT2D eigenvalue weighted by atomic mass is 16.6. The number of hydrogen-bond acceptors (Lipinski definition) is 8. The van der Waals surface area contributed by atoms with Gasteiger partial charge in [-0.05, 0) is 17.4 Å². The Morgan fingerprint density at radius 2 is 1.07 bits per heavy atom. The fourth-order valence-corrected chi connectivity index (χ4v) is 4.80. The standard InChI is InChI=1S/C32H53NO8/c1-26(2)30(34)10-12-36-14-16-38-18-20-40-22-23-41-21-19-39-17-15-37-13-11-31(35)33-24-29(25-33)32(27(3)4)28-8-6-5-7-9-28/h5-9,26-27,29,32H,10-25H2,1-4H3/t32-/m1/s1. The van der Waals surface area contributed by atoms with Gasteiger partial charge in [0.15, 0.2) is 0 Å². The highest BCUT2D eigenvalue weighted by Gasteiger charge is 2.37. The van der Waals surface area contributed by atoms with Gasteiger partial charge in [0.2, 0.25) is 5.91 Å². The lowest BCUT2D eigenvalue weighted by molar-refractivity contribution is -0.139. The Kier molecular flexibility index (Phi) is 18.8. The summed E-state index contributed by atoms with van der Waals surface area (Å²) in [5.41, 5.74) is 1.37. The third-order valence-electron chi connectivity index (χ3n) is 7.13. The molecule has 41 heavy (non-hydrogen) atoms. The predicted molar refractivity (Wildman–Crippen MR) is 158 cm³/mol. The Hall–Kier alpha value is -1.88. The second-order valence-corrected chi connectivity index (χ2v) is 11.0. The summed E-state index contributed by atoms with van der Waals surface area (Å²) >= 11 is 0.